The van der Waals surface area contributed by atoms with Gasteiger partial charge in [0.2, 0.25) is 5.91 Å². The van der Waals surface area contributed by atoms with Crippen molar-refractivity contribution in [3.63, 3.8) is 0 Å². The Hall–Kier alpha value is -1.39. The fraction of sp³-hybridized carbons (Fsp3) is 0.588. The fourth-order valence-electron chi connectivity index (χ4n) is 2.37. The van der Waals surface area contributed by atoms with E-state index >= 15 is 0 Å². The van der Waals surface area contributed by atoms with Gasteiger partial charge in [-0.1, -0.05) is 43.7 Å². The summed E-state index contributed by atoms with van der Waals surface area (Å²) in [5.74, 6) is 0.0802. The minimum absolute atomic E-state index is 0.00880. The van der Waals surface area contributed by atoms with Gasteiger partial charge < -0.3 is 15.7 Å². The van der Waals surface area contributed by atoms with Crippen LogP contribution in [0.4, 0.5) is 0 Å². The first-order chi connectivity index (χ1) is 10.0. The smallest absolute Gasteiger partial charge is 0.225 e. The lowest BCUT2D eigenvalue weighted by Crippen LogP contribution is -2.36. The van der Waals surface area contributed by atoms with Gasteiger partial charge in [0.05, 0.1) is 6.61 Å². The second-order valence-electron chi connectivity index (χ2n) is 5.78. The van der Waals surface area contributed by atoms with E-state index in [4.69, 9.17) is 5.73 Å². The molecular formula is C17H28N2O2. The van der Waals surface area contributed by atoms with Gasteiger partial charge in [0.25, 0.3) is 0 Å². The van der Waals surface area contributed by atoms with E-state index in [0.717, 1.165) is 24.8 Å². The highest BCUT2D eigenvalue weighted by atomic mass is 16.3. The fourth-order valence-corrected chi connectivity index (χ4v) is 2.37. The number of rotatable bonds is 9. The number of aliphatic hydroxyl groups is 1. The molecule has 0 aliphatic carbocycles. The first-order valence-corrected chi connectivity index (χ1v) is 7.73. The molecule has 0 aliphatic heterocycles. The van der Waals surface area contributed by atoms with Crippen LogP contribution in [0.15, 0.2) is 30.3 Å². The quantitative estimate of drug-likeness (QED) is 0.733. The van der Waals surface area contributed by atoms with Gasteiger partial charge >= 0.3 is 0 Å². The maximum atomic E-state index is 12.5. The third-order valence-electron chi connectivity index (χ3n) is 3.62. The van der Waals surface area contributed by atoms with E-state index < -0.39 is 0 Å². The monoisotopic (exact) mass is 292 g/mol. The lowest BCUT2D eigenvalue weighted by atomic mass is 10.0. The normalized spacial score (nSPS) is 13.7. The number of hydrogen-bond donors (Lipinski definition) is 2. The zero-order valence-electron chi connectivity index (χ0n) is 13.2. The number of nitrogens with zero attached hydrogens (tertiary/aromatic N) is 1. The van der Waals surface area contributed by atoms with Crippen molar-refractivity contribution < 1.29 is 9.90 Å². The summed E-state index contributed by atoms with van der Waals surface area (Å²) >= 11 is 0. The van der Waals surface area contributed by atoms with E-state index in [2.05, 4.69) is 0 Å². The molecular weight excluding hydrogens is 264 g/mol. The SMILES string of the molecule is CC(N)CCCC(C)C(=O)N(CCO)Cc1ccccc1. The number of carbonyl (C=O) groups is 1. The second-order valence-corrected chi connectivity index (χ2v) is 5.78. The van der Waals surface area contributed by atoms with Gasteiger partial charge in [-0.2, -0.15) is 0 Å². The van der Waals surface area contributed by atoms with Crippen molar-refractivity contribution in [2.45, 2.75) is 45.7 Å². The zero-order chi connectivity index (χ0) is 15.7. The lowest BCUT2D eigenvalue weighted by molar-refractivity contribution is -0.136. The molecule has 2 unspecified atom stereocenters. The molecule has 0 aliphatic rings. The predicted octanol–water partition coefficient (Wildman–Crippen LogP) is 2.16. The molecule has 1 aromatic carbocycles. The number of hydrogen-bond acceptors (Lipinski definition) is 3. The van der Waals surface area contributed by atoms with E-state index in [9.17, 15) is 9.90 Å². The molecule has 2 atom stereocenters. The Labute approximate surface area is 128 Å². The van der Waals surface area contributed by atoms with Gasteiger partial charge in [0.15, 0.2) is 0 Å². The molecule has 0 saturated carbocycles. The van der Waals surface area contributed by atoms with E-state index in [1.54, 1.807) is 4.90 Å². The van der Waals surface area contributed by atoms with Crippen LogP contribution in [0.5, 0.6) is 0 Å². The van der Waals surface area contributed by atoms with Gasteiger partial charge in [0, 0.05) is 25.0 Å². The van der Waals surface area contributed by atoms with E-state index in [1.807, 2.05) is 44.2 Å². The van der Waals surface area contributed by atoms with Crippen LogP contribution in [-0.4, -0.2) is 35.1 Å². The van der Waals surface area contributed by atoms with Crippen LogP contribution in [0, 0.1) is 5.92 Å². The van der Waals surface area contributed by atoms with Gasteiger partial charge in [-0.25, -0.2) is 0 Å². The third-order valence-corrected chi connectivity index (χ3v) is 3.62. The van der Waals surface area contributed by atoms with Crippen LogP contribution in [0.2, 0.25) is 0 Å². The summed E-state index contributed by atoms with van der Waals surface area (Å²) in [6, 6.07) is 10.1. The number of carbonyl (C=O) groups excluding carboxylic acids is 1. The Morgan fingerprint density at radius 2 is 1.90 bits per heavy atom. The molecule has 0 spiro atoms. The maximum Gasteiger partial charge on any atom is 0.225 e. The van der Waals surface area contributed by atoms with Crippen LogP contribution in [-0.2, 0) is 11.3 Å². The summed E-state index contributed by atoms with van der Waals surface area (Å²) in [7, 11) is 0. The minimum Gasteiger partial charge on any atom is -0.395 e. The van der Waals surface area contributed by atoms with Gasteiger partial charge in [-0.15, -0.1) is 0 Å². The second kappa shape index (κ2) is 9.53. The molecule has 0 aromatic heterocycles. The zero-order valence-corrected chi connectivity index (χ0v) is 13.2. The average molecular weight is 292 g/mol. The largest absolute Gasteiger partial charge is 0.395 e. The number of amides is 1. The van der Waals surface area contributed by atoms with Crippen LogP contribution in [0.3, 0.4) is 0 Å². The molecule has 118 valence electrons. The van der Waals surface area contributed by atoms with Crippen molar-refractivity contribution in [2.75, 3.05) is 13.2 Å². The Morgan fingerprint density at radius 1 is 1.24 bits per heavy atom. The summed E-state index contributed by atoms with van der Waals surface area (Å²) in [5.41, 5.74) is 6.82. The first kappa shape index (κ1) is 17.7. The molecule has 4 nitrogen and oxygen atoms in total. The summed E-state index contributed by atoms with van der Waals surface area (Å²) < 4.78 is 0. The molecule has 1 rings (SSSR count). The third kappa shape index (κ3) is 6.74. The molecule has 0 fully saturated rings. The van der Waals surface area contributed by atoms with Crippen molar-refractivity contribution in [3.05, 3.63) is 35.9 Å². The summed E-state index contributed by atoms with van der Waals surface area (Å²) in [6.07, 6.45) is 2.75. The van der Waals surface area contributed by atoms with Crippen LogP contribution < -0.4 is 5.73 Å². The van der Waals surface area contributed by atoms with Gasteiger partial charge in [0.1, 0.15) is 0 Å². The van der Waals surface area contributed by atoms with Gasteiger partial charge in [-0.05, 0) is 25.3 Å². The number of aliphatic hydroxyl groups excluding tert-OH is 1. The molecule has 0 bridgehead atoms. The molecule has 0 heterocycles. The molecule has 1 aromatic rings. The van der Waals surface area contributed by atoms with Crippen molar-refractivity contribution in [2.24, 2.45) is 11.7 Å². The number of nitrogens with two attached hydrogens (primary N) is 1. The highest BCUT2D eigenvalue weighted by Gasteiger charge is 2.20. The minimum atomic E-state index is -0.0287. The number of benzene rings is 1. The summed E-state index contributed by atoms with van der Waals surface area (Å²) in [6.45, 7) is 4.87. The molecule has 0 radical (unpaired) electrons. The van der Waals surface area contributed by atoms with E-state index in [1.165, 1.54) is 0 Å². The summed E-state index contributed by atoms with van der Waals surface area (Å²) in [4.78, 5) is 14.2. The Balaban J connectivity index is 2.55. The Kier molecular flexibility index (Phi) is 8.01. The Morgan fingerprint density at radius 3 is 2.48 bits per heavy atom. The average Bonchev–Trinajstić information content (AvgIpc) is 2.46. The molecule has 21 heavy (non-hydrogen) atoms. The van der Waals surface area contributed by atoms with Crippen LogP contribution >= 0.6 is 0 Å². The van der Waals surface area contributed by atoms with Crippen molar-refractivity contribution in [1.82, 2.24) is 4.90 Å². The molecule has 3 N–H and O–H groups in total. The topological polar surface area (TPSA) is 66.6 Å². The first-order valence-electron chi connectivity index (χ1n) is 7.73. The highest BCUT2D eigenvalue weighted by molar-refractivity contribution is 5.78. The maximum absolute atomic E-state index is 12.5. The van der Waals surface area contributed by atoms with Crippen molar-refractivity contribution >= 4 is 5.91 Å². The Bertz CT molecular complexity index is 407. The predicted molar refractivity (Wildman–Crippen MR) is 85.6 cm³/mol. The molecule has 1 amide bonds. The highest BCUT2D eigenvalue weighted by Crippen LogP contribution is 2.14. The van der Waals surface area contributed by atoms with Crippen molar-refractivity contribution in [1.29, 1.82) is 0 Å². The van der Waals surface area contributed by atoms with E-state index in [0.29, 0.717) is 13.1 Å². The molecule has 0 saturated heterocycles. The molecule has 4 heteroatoms. The lowest BCUT2D eigenvalue weighted by Gasteiger charge is -2.25. The van der Waals surface area contributed by atoms with Crippen LogP contribution in [0.25, 0.3) is 0 Å². The van der Waals surface area contributed by atoms with Crippen molar-refractivity contribution in [3.8, 4) is 0 Å². The van der Waals surface area contributed by atoms with Crippen LogP contribution in [0.1, 0.15) is 38.7 Å². The summed E-state index contributed by atoms with van der Waals surface area (Å²) in [5, 5.41) is 9.18. The standard InChI is InChI=1S/C17H28N2O2/c1-14(7-6-8-15(2)18)17(21)19(11-12-20)13-16-9-4-3-5-10-16/h3-5,9-10,14-15,20H,6-8,11-13,18H2,1-2H3. The van der Waals surface area contributed by atoms with E-state index in [-0.39, 0.29) is 24.5 Å². The van der Waals surface area contributed by atoms with Gasteiger partial charge in [-0.3, -0.25) is 4.79 Å².